The molecule has 146 valence electrons. The van der Waals surface area contributed by atoms with Gasteiger partial charge in [-0.1, -0.05) is 35.3 Å². The molecule has 1 heterocycles. The predicted octanol–water partition coefficient (Wildman–Crippen LogP) is 5.03. The van der Waals surface area contributed by atoms with Crippen LogP contribution in [0.5, 0.6) is 0 Å². The van der Waals surface area contributed by atoms with Gasteiger partial charge in [0.05, 0.1) is 11.5 Å². The first kappa shape index (κ1) is 20.8. The minimum atomic E-state index is -0.817. The molecule has 1 aliphatic carbocycles. The van der Waals surface area contributed by atoms with Gasteiger partial charge in [-0.05, 0) is 51.7 Å². The summed E-state index contributed by atoms with van der Waals surface area (Å²) in [6.07, 6.45) is 5.71. The minimum Gasteiger partial charge on any atom is -0.348 e. The second-order valence-corrected chi connectivity index (χ2v) is 8.26. The molecular formula is C19H16BrCl2N3O3. The number of carbonyl (C=O) groups excluding carboxylic acids is 1. The normalized spacial score (nSPS) is 19.0. The molecule has 1 aliphatic rings. The molecule has 0 saturated carbocycles. The molecule has 0 saturated heterocycles. The monoisotopic (exact) mass is 483 g/mol. The molecule has 6 nitrogen and oxygen atoms in total. The molecule has 3 rings (SSSR count). The van der Waals surface area contributed by atoms with Crippen molar-refractivity contribution in [3.05, 3.63) is 84.1 Å². The van der Waals surface area contributed by atoms with Crippen molar-refractivity contribution in [2.75, 3.05) is 6.54 Å². The van der Waals surface area contributed by atoms with Crippen LogP contribution in [0.2, 0.25) is 10.0 Å². The summed E-state index contributed by atoms with van der Waals surface area (Å²) >= 11 is 15.5. The average molecular weight is 485 g/mol. The second-order valence-electron chi connectivity index (χ2n) is 6.50. The van der Waals surface area contributed by atoms with Crippen molar-refractivity contribution < 1.29 is 9.72 Å². The highest BCUT2D eigenvalue weighted by Crippen LogP contribution is 2.38. The Morgan fingerprint density at radius 2 is 2.11 bits per heavy atom. The first-order chi connectivity index (χ1) is 13.3. The number of amides is 1. The van der Waals surface area contributed by atoms with Crippen LogP contribution in [-0.2, 0) is 0 Å². The maximum Gasteiger partial charge on any atom is 0.253 e. The highest BCUT2D eigenvalue weighted by Gasteiger charge is 2.37. The fourth-order valence-corrected chi connectivity index (χ4v) is 4.19. The maximum atomic E-state index is 12.3. The van der Waals surface area contributed by atoms with E-state index in [9.17, 15) is 14.9 Å². The third-order valence-electron chi connectivity index (χ3n) is 4.67. The third-order valence-corrected chi connectivity index (χ3v) is 5.67. The van der Waals surface area contributed by atoms with Crippen LogP contribution in [0.25, 0.3) is 0 Å². The van der Waals surface area contributed by atoms with Gasteiger partial charge >= 0.3 is 0 Å². The number of aromatic nitrogens is 1. The molecule has 0 spiro atoms. The summed E-state index contributed by atoms with van der Waals surface area (Å²) in [6.45, 7) is 0.247. The number of carbonyl (C=O) groups is 1. The van der Waals surface area contributed by atoms with Crippen LogP contribution in [0.15, 0.2) is 52.8 Å². The van der Waals surface area contributed by atoms with E-state index in [0.717, 1.165) is 5.57 Å². The average Bonchev–Trinajstić information content (AvgIpc) is 2.66. The molecule has 0 aliphatic heterocycles. The number of pyridine rings is 1. The van der Waals surface area contributed by atoms with E-state index in [1.807, 2.05) is 6.08 Å². The summed E-state index contributed by atoms with van der Waals surface area (Å²) in [5.74, 6) is -0.622. The van der Waals surface area contributed by atoms with Crippen LogP contribution >= 0.6 is 39.1 Å². The molecular weight excluding hydrogens is 469 g/mol. The fourth-order valence-electron chi connectivity index (χ4n) is 3.28. The van der Waals surface area contributed by atoms with Gasteiger partial charge in [0.1, 0.15) is 0 Å². The fraction of sp³-hybridized carbons (Fsp3) is 0.263. The van der Waals surface area contributed by atoms with Crippen LogP contribution < -0.4 is 5.32 Å². The summed E-state index contributed by atoms with van der Waals surface area (Å²) in [5.41, 5.74) is 1.95. The molecule has 0 unspecified atom stereocenters. The van der Waals surface area contributed by atoms with Crippen molar-refractivity contribution in [1.82, 2.24) is 10.3 Å². The van der Waals surface area contributed by atoms with Crippen molar-refractivity contribution in [2.45, 2.75) is 24.8 Å². The van der Waals surface area contributed by atoms with Gasteiger partial charge < -0.3 is 5.32 Å². The quantitative estimate of drug-likeness (QED) is 0.366. The number of halogens is 3. The van der Waals surface area contributed by atoms with Crippen molar-refractivity contribution in [3.63, 3.8) is 0 Å². The van der Waals surface area contributed by atoms with Gasteiger partial charge in [0.2, 0.25) is 6.04 Å². The Hall–Kier alpha value is -1.96. The zero-order chi connectivity index (χ0) is 20.3. The largest absolute Gasteiger partial charge is 0.348 e. The molecule has 0 fully saturated rings. The highest BCUT2D eigenvalue weighted by atomic mass is 79.9. The Bertz CT molecular complexity index is 952. The molecule has 2 aromatic rings. The molecule has 1 N–H and O–H groups in total. The Morgan fingerprint density at radius 3 is 2.79 bits per heavy atom. The SMILES string of the molecule is O=C(NCC1=CC[C@@H](c2ccc(Cl)cc2Cl)[C@H]([N+](=O)[O-])C1)c1cncc(Br)c1. The smallest absolute Gasteiger partial charge is 0.253 e. The van der Waals surface area contributed by atoms with Gasteiger partial charge in [0.25, 0.3) is 5.91 Å². The Labute approximate surface area is 180 Å². The molecule has 1 amide bonds. The lowest BCUT2D eigenvalue weighted by molar-refractivity contribution is -0.527. The van der Waals surface area contributed by atoms with E-state index in [-0.39, 0.29) is 29.7 Å². The number of rotatable bonds is 5. The van der Waals surface area contributed by atoms with Crippen LogP contribution in [0, 0.1) is 10.1 Å². The van der Waals surface area contributed by atoms with E-state index < -0.39 is 6.04 Å². The lowest BCUT2D eigenvalue weighted by Gasteiger charge is -2.26. The lowest BCUT2D eigenvalue weighted by atomic mass is 9.80. The standard InChI is InChI=1S/C19H16BrCl2N3O3/c20-13-6-12(9-23-10-13)19(26)24-8-11-1-3-16(18(5-11)25(27)28)15-4-2-14(21)7-17(15)22/h1-2,4,6-7,9-10,16,18H,3,5,8H2,(H,24,26)/t16-,18+/m0/s1. The second kappa shape index (κ2) is 9.03. The molecule has 1 aromatic heterocycles. The van der Waals surface area contributed by atoms with Crippen LogP contribution in [0.4, 0.5) is 0 Å². The minimum absolute atomic E-state index is 0.244. The van der Waals surface area contributed by atoms with Gasteiger partial charge in [0.15, 0.2) is 0 Å². The summed E-state index contributed by atoms with van der Waals surface area (Å²) in [4.78, 5) is 27.6. The Morgan fingerprint density at radius 1 is 1.32 bits per heavy atom. The van der Waals surface area contributed by atoms with Crippen LogP contribution in [0.1, 0.15) is 34.7 Å². The van der Waals surface area contributed by atoms with E-state index >= 15 is 0 Å². The van der Waals surface area contributed by atoms with Gasteiger partial charge in [-0.15, -0.1) is 0 Å². The molecule has 0 bridgehead atoms. The number of nitro groups is 1. The van der Waals surface area contributed by atoms with E-state index in [0.29, 0.717) is 32.1 Å². The van der Waals surface area contributed by atoms with E-state index in [4.69, 9.17) is 23.2 Å². The zero-order valence-corrected chi connectivity index (χ0v) is 17.7. The van der Waals surface area contributed by atoms with Gasteiger partial charge in [-0.2, -0.15) is 0 Å². The molecule has 0 radical (unpaired) electrons. The Kier molecular flexibility index (Phi) is 6.69. The van der Waals surface area contributed by atoms with E-state index in [1.165, 1.54) is 6.20 Å². The number of nitrogens with one attached hydrogen (secondary N) is 1. The number of hydrogen-bond acceptors (Lipinski definition) is 4. The first-order valence-corrected chi connectivity index (χ1v) is 10.0. The van der Waals surface area contributed by atoms with Crippen LogP contribution in [-0.4, -0.2) is 28.4 Å². The van der Waals surface area contributed by atoms with Gasteiger partial charge in [0, 0.05) is 44.8 Å². The van der Waals surface area contributed by atoms with Crippen molar-refractivity contribution >= 4 is 45.0 Å². The number of nitrogens with zero attached hydrogens (tertiary/aromatic N) is 2. The molecule has 9 heteroatoms. The zero-order valence-electron chi connectivity index (χ0n) is 14.6. The lowest BCUT2D eigenvalue weighted by Crippen LogP contribution is -2.34. The van der Waals surface area contributed by atoms with Crippen molar-refractivity contribution in [3.8, 4) is 0 Å². The molecule has 2 atom stereocenters. The highest BCUT2D eigenvalue weighted by molar-refractivity contribution is 9.10. The topological polar surface area (TPSA) is 85.1 Å². The van der Waals surface area contributed by atoms with Crippen molar-refractivity contribution in [2.24, 2.45) is 0 Å². The Balaban J connectivity index is 1.72. The van der Waals surface area contributed by atoms with E-state index in [2.05, 4.69) is 26.2 Å². The number of benzene rings is 1. The number of allylic oxidation sites excluding steroid dienone is 1. The maximum absolute atomic E-state index is 12.3. The summed E-state index contributed by atoms with van der Waals surface area (Å²) in [6, 6.07) is 5.87. The number of hydrogen-bond donors (Lipinski definition) is 1. The molecule has 28 heavy (non-hydrogen) atoms. The third kappa shape index (κ3) is 4.90. The van der Waals surface area contributed by atoms with Gasteiger partial charge in [-0.3, -0.25) is 19.9 Å². The summed E-state index contributed by atoms with van der Waals surface area (Å²) in [5, 5.41) is 15.4. The van der Waals surface area contributed by atoms with Crippen molar-refractivity contribution in [1.29, 1.82) is 0 Å². The first-order valence-electron chi connectivity index (χ1n) is 8.50. The van der Waals surface area contributed by atoms with Gasteiger partial charge in [-0.25, -0.2) is 0 Å². The van der Waals surface area contributed by atoms with Crippen LogP contribution in [0.3, 0.4) is 0 Å². The summed E-state index contributed by atoms with van der Waals surface area (Å²) < 4.78 is 0.702. The summed E-state index contributed by atoms with van der Waals surface area (Å²) in [7, 11) is 0. The van der Waals surface area contributed by atoms with E-state index in [1.54, 1.807) is 30.5 Å². The predicted molar refractivity (Wildman–Crippen MR) is 112 cm³/mol. The molecule has 1 aromatic carbocycles.